The van der Waals surface area contributed by atoms with Gasteiger partial charge in [0.1, 0.15) is 0 Å². The van der Waals surface area contributed by atoms with Crippen LogP contribution in [0, 0.1) is 0 Å². The van der Waals surface area contributed by atoms with Crippen molar-refractivity contribution in [1.29, 1.82) is 0 Å². The van der Waals surface area contributed by atoms with Crippen molar-refractivity contribution in [3.05, 3.63) is 66.0 Å². The highest BCUT2D eigenvalue weighted by Gasteiger charge is 2.43. The maximum Gasteiger partial charge on any atom is 0.0571 e. The van der Waals surface area contributed by atoms with Crippen molar-refractivity contribution in [1.82, 2.24) is 10.4 Å². The highest BCUT2D eigenvalue weighted by molar-refractivity contribution is 5.33. The van der Waals surface area contributed by atoms with Gasteiger partial charge in [0.25, 0.3) is 0 Å². The van der Waals surface area contributed by atoms with E-state index in [1.165, 1.54) is 36.8 Å². The van der Waals surface area contributed by atoms with E-state index in [0.29, 0.717) is 0 Å². The van der Waals surface area contributed by atoms with Crippen LogP contribution in [0.25, 0.3) is 0 Å². The summed E-state index contributed by atoms with van der Waals surface area (Å²) in [5, 5.41) is 0. The molecule has 1 atom stereocenters. The molecule has 104 valence electrons. The summed E-state index contributed by atoms with van der Waals surface area (Å²) in [6.45, 7) is 0. The fourth-order valence-electron chi connectivity index (χ4n) is 3.64. The molecule has 0 saturated heterocycles. The van der Waals surface area contributed by atoms with Crippen LogP contribution in [0.1, 0.15) is 42.9 Å². The van der Waals surface area contributed by atoms with Gasteiger partial charge in [-0.05, 0) is 30.0 Å². The zero-order valence-electron chi connectivity index (χ0n) is 11.6. The maximum absolute atomic E-state index is 5.93. The third-order valence-corrected chi connectivity index (χ3v) is 4.58. The van der Waals surface area contributed by atoms with E-state index in [4.69, 9.17) is 5.84 Å². The summed E-state index contributed by atoms with van der Waals surface area (Å²) < 4.78 is 0. The second-order valence-electron chi connectivity index (χ2n) is 5.62. The van der Waals surface area contributed by atoms with E-state index in [-0.39, 0.29) is 11.5 Å². The predicted octanol–water partition coefficient (Wildman–Crippen LogP) is 3.10. The van der Waals surface area contributed by atoms with Crippen molar-refractivity contribution in [3.8, 4) is 0 Å². The minimum absolute atomic E-state index is 0.0824. The summed E-state index contributed by atoms with van der Waals surface area (Å²) in [6, 6.07) is 15.0. The molecule has 1 fully saturated rings. The van der Waals surface area contributed by atoms with E-state index >= 15 is 0 Å². The van der Waals surface area contributed by atoms with Crippen LogP contribution in [0.15, 0.2) is 54.9 Å². The highest BCUT2D eigenvalue weighted by atomic mass is 15.2. The van der Waals surface area contributed by atoms with E-state index in [1.807, 2.05) is 12.3 Å². The van der Waals surface area contributed by atoms with Crippen LogP contribution in [0.2, 0.25) is 0 Å². The molecule has 1 aliphatic carbocycles. The molecule has 1 heterocycles. The van der Waals surface area contributed by atoms with E-state index in [9.17, 15) is 0 Å². The summed E-state index contributed by atoms with van der Waals surface area (Å²) >= 11 is 0. The van der Waals surface area contributed by atoms with Crippen LogP contribution in [0.3, 0.4) is 0 Å². The number of nitrogens with two attached hydrogens (primary N) is 1. The monoisotopic (exact) mass is 267 g/mol. The molecule has 3 N–H and O–H groups in total. The molecule has 0 radical (unpaired) electrons. The molecular weight excluding hydrogens is 246 g/mol. The summed E-state index contributed by atoms with van der Waals surface area (Å²) in [4.78, 5) is 4.25. The Kier molecular flexibility index (Phi) is 3.81. The minimum atomic E-state index is 0.0824. The van der Waals surface area contributed by atoms with E-state index in [0.717, 1.165) is 0 Å². The van der Waals surface area contributed by atoms with Gasteiger partial charge in [0, 0.05) is 17.8 Å². The molecule has 1 unspecified atom stereocenters. The molecule has 0 spiro atoms. The normalized spacial score (nSPS) is 18.9. The van der Waals surface area contributed by atoms with Gasteiger partial charge in [-0.2, -0.15) is 0 Å². The van der Waals surface area contributed by atoms with Crippen LogP contribution in [-0.4, -0.2) is 4.98 Å². The highest BCUT2D eigenvalue weighted by Crippen LogP contribution is 2.49. The molecule has 3 nitrogen and oxygen atoms in total. The Labute approximate surface area is 120 Å². The van der Waals surface area contributed by atoms with E-state index in [2.05, 4.69) is 46.8 Å². The first kappa shape index (κ1) is 13.3. The van der Waals surface area contributed by atoms with Crippen molar-refractivity contribution in [3.63, 3.8) is 0 Å². The molecule has 0 bridgehead atoms. The molecule has 1 aromatic heterocycles. The van der Waals surface area contributed by atoms with Gasteiger partial charge >= 0.3 is 0 Å². The lowest BCUT2D eigenvalue weighted by molar-refractivity contribution is 0.303. The topological polar surface area (TPSA) is 50.9 Å². The van der Waals surface area contributed by atoms with Gasteiger partial charge in [-0.1, -0.05) is 49.2 Å². The number of hydrogen-bond acceptors (Lipinski definition) is 3. The van der Waals surface area contributed by atoms with Crippen molar-refractivity contribution in [2.24, 2.45) is 5.84 Å². The average Bonchev–Trinajstić information content (AvgIpc) is 3.01. The van der Waals surface area contributed by atoms with Crippen LogP contribution >= 0.6 is 0 Å². The summed E-state index contributed by atoms with van der Waals surface area (Å²) in [5.74, 6) is 5.93. The number of hydrogen-bond donors (Lipinski definition) is 2. The molecule has 20 heavy (non-hydrogen) atoms. The third-order valence-electron chi connectivity index (χ3n) is 4.58. The first-order valence-electron chi connectivity index (χ1n) is 7.28. The lowest BCUT2D eigenvalue weighted by Gasteiger charge is -2.38. The first-order valence-corrected chi connectivity index (χ1v) is 7.28. The summed E-state index contributed by atoms with van der Waals surface area (Å²) in [6.07, 6.45) is 8.58. The Bertz CT molecular complexity index is 533. The molecule has 1 saturated carbocycles. The fourth-order valence-corrected chi connectivity index (χ4v) is 3.64. The van der Waals surface area contributed by atoms with Gasteiger partial charge in [0.15, 0.2) is 0 Å². The van der Waals surface area contributed by atoms with Crippen LogP contribution in [0.5, 0.6) is 0 Å². The third kappa shape index (κ3) is 2.23. The Morgan fingerprint density at radius 2 is 1.80 bits per heavy atom. The lowest BCUT2D eigenvalue weighted by Crippen LogP contribution is -2.43. The van der Waals surface area contributed by atoms with Crippen molar-refractivity contribution in [2.45, 2.75) is 37.1 Å². The maximum atomic E-state index is 5.93. The molecule has 3 rings (SSSR count). The second kappa shape index (κ2) is 5.73. The standard InChI is InChI=1S/C17H21N3/c18-20-16(14-7-6-12-19-13-14)17(10-4-5-11-17)15-8-2-1-3-9-15/h1-3,6-9,12-13,16,20H,4-5,10-11,18H2. The molecule has 1 aromatic carbocycles. The molecular formula is C17H21N3. The molecule has 0 amide bonds. The quantitative estimate of drug-likeness (QED) is 0.661. The number of benzene rings is 1. The minimum Gasteiger partial charge on any atom is -0.271 e. The molecule has 2 aromatic rings. The van der Waals surface area contributed by atoms with Crippen molar-refractivity contribution in [2.75, 3.05) is 0 Å². The summed E-state index contributed by atoms with van der Waals surface area (Å²) in [5.41, 5.74) is 5.69. The van der Waals surface area contributed by atoms with Gasteiger partial charge < -0.3 is 0 Å². The summed E-state index contributed by atoms with van der Waals surface area (Å²) in [7, 11) is 0. The number of hydrazine groups is 1. The zero-order chi connectivity index (χ0) is 13.8. The zero-order valence-corrected chi connectivity index (χ0v) is 11.6. The molecule has 1 aliphatic rings. The predicted molar refractivity (Wildman–Crippen MR) is 80.9 cm³/mol. The number of nitrogens with zero attached hydrogens (tertiary/aromatic N) is 1. The molecule has 3 heteroatoms. The van der Waals surface area contributed by atoms with Gasteiger partial charge in [-0.3, -0.25) is 16.3 Å². The lowest BCUT2D eigenvalue weighted by atomic mass is 9.71. The largest absolute Gasteiger partial charge is 0.271 e. The van der Waals surface area contributed by atoms with Crippen molar-refractivity contribution >= 4 is 0 Å². The van der Waals surface area contributed by atoms with Gasteiger partial charge in [0.2, 0.25) is 0 Å². The fraction of sp³-hybridized carbons (Fsp3) is 0.353. The van der Waals surface area contributed by atoms with Crippen molar-refractivity contribution < 1.29 is 0 Å². The Morgan fingerprint density at radius 1 is 1.05 bits per heavy atom. The first-order chi connectivity index (χ1) is 9.87. The van der Waals surface area contributed by atoms with E-state index in [1.54, 1.807) is 6.20 Å². The van der Waals surface area contributed by atoms with Gasteiger partial charge in [0.05, 0.1) is 6.04 Å². The van der Waals surface area contributed by atoms with Crippen LogP contribution < -0.4 is 11.3 Å². The van der Waals surface area contributed by atoms with Gasteiger partial charge in [-0.25, -0.2) is 0 Å². The van der Waals surface area contributed by atoms with Crippen LogP contribution in [0.4, 0.5) is 0 Å². The number of aromatic nitrogens is 1. The number of rotatable bonds is 4. The van der Waals surface area contributed by atoms with E-state index < -0.39 is 0 Å². The molecule has 0 aliphatic heterocycles. The average molecular weight is 267 g/mol. The van der Waals surface area contributed by atoms with Crippen LogP contribution in [-0.2, 0) is 5.41 Å². The van der Waals surface area contributed by atoms with Gasteiger partial charge in [-0.15, -0.1) is 0 Å². The smallest absolute Gasteiger partial charge is 0.0571 e. The Balaban J connectivity index is 2.06. The number of nitrogens with one attached hydrogen (secondary N) is 1. The second-order valence-corrected chi connectivity index (χ2v) is 5.62. The Hall–Kier alpha value is -1.71. The Morgan fingerprint density at radius 3 is 2.40 bits per heavy atom. The number of pyridine rings is 1. The SMILES string of the molecule is NNC(c1cccnc1)C1(c2ccccc2)CCCC1.